The molecule has 0 spiro atoms. The van der Waals surface area contributed by atoms with Crippen LogP contribution in [0.3, 0.4) is 0 Å². The van der Waals surface area contributed by atoms with Crippen molar-refractivity contribution in [1.29, 1.82) is 0 Å². The van der Waals surface area contributed by atoms with Gasteiger partial charge in [0.05, 0.1) is 48.7 Å². The van der Waals surface area contributed by atoms with Gasteiger partial charge in [-0.05, 0) is 43.4 Å². The fraction of sp³-hybridized carbons (Fsp3) is 0.393. The third kappa shape index (κ3) is 8.42. The third-order valence-corrected chi connectivity index (χ3v) is 6.76. The molecule has 1 amide bonds. The second-order valence-corrected chi connectivity index (χ2v) is 9.67. The minimum atomic E-state index is -0.639. The Bertz CT molecular complexity index is 1330. The lowest BCUT2D eigenvalue weighted by molar-refractivity contribution is -0.143. The molecule has 0 unspecified atom stereocenters. The molecule has 0 aliphatic heterocycles. The van der Waals surface area contributed by atoms with Crippen molar-refractivity contribution in [2.45, 2.75) is 32.2 Å². The van der Waals surface area contributed by atoms with Gasteiger partial charge in [-0.2, -0.15) is 0 Å². The molecule has 0 N–H and O–H groups in total. The number of nitrogens with zero attached hydrogens (tertiary/aromatic N) is 2. The predicted molar refractivity (Wildman–Crippen MR) is 149 cm³/mol. The Morgan fingerprint density at radius 1 is 0.878 bits per heavy atom. The van der Waals surface area contributed by atoms with Gasteiger partial charge >= 0.3 is 17.9 Å². The van der Waals surface area contributed by atoms with E-state index in [0.29, 0.717) is 31.2 Å². The van der Waals surface area contributed by atoms with Crippen molar-refractivity contribution in [2.24, 2.45) is 0 Å². The molecule has 1 aliphatic carbocycles. The number of aromatic nitrogens is 1. The molecule has 0 saturated heterocycles. The summed E-state index contributed by atoms with van der Waals surface area (Å²) in [6, 6.07) is 4.33. The van der Waals surface area contributed by atoms with Gasteiger partial charge in [0.2, 0.25) is 0 Å². The Balaban J connectivity index is 2.09. The maximum atomic E-state index is 14.2. The minimum Gasteiger partial charge on any atom is -0.480 e. The number of rotatable bonds is 12. The van der Waals surface area contributed by atoms with Crippen molar-refractivity contribution in [1.82, 2.24) is 4.98 Å². The summed E-state index contributed by atoms with van der Waals surface area (Å²) in [5.74, 6) is -2.26. The molecule has 13 heteroatoms. The first-order valence-electron chi connectivity index (χ1n) is 12.6. The highest BCUT2D eigenvalue weighted by Gasteiger charge is 2.31. The van der Waals surface area contributed by atoms with Gasteiger partial charge in [0.25, 0.3) is 5.91 Å². The molecular formula is C28H30Cl2N2O9. The number of esters is 3. The number of pyridine rings is 1. The monoisotopic (exact) mass is 608 g/mol. The van der Waals surface area contributed by atoms with E-state index in [1.807, 2.05) is 0 Å². The van der Waals surface area contributed by atoms with Gasteiger partial charge in [0, 0.05) is 36.7 Å². The number of anilines is 1. The Morgan fingerprint density at radius 3 is 2.29 bits per heavy atom. The molecule has 11 nitrogen and oxygen atoms in total. The zero-order chi connectivity index (χ0) is 29.9. The lowest BCUT2D eigenvalue weighted by atomic mass is 9.90. The second-order valence-electron chi connectivity index (χ2n) is 8.86. The van der Waals surface area contributed by atoms with Crippen LogP contribution in [0.15, 0.2) is 41.7 Å². The van der Waals surface area contributed by atoms with Gasteiger partial charge in [-0.1, -0.05) is 23.2 Å². The maximum Gasteiger partial charge on any atom is 0.343 e. The summed E-state index contributed by atoms with van der Waals surface area (Å²) in [5, 5.41) is 0.204. The summed E-state index contributed by atoms with van der Waals surface area (Å²) >= 11 is 12.9. The number of benzene rings is 1. The highest BCUT2D eigenvalue weighted by atomic mass is 35.5. The van der Waals surface area contributed by atoms with Crippen LogP contribution >= 0.6 is 23.2 Å². The van der Waals surface area contributed by atoms with E-state index in [9.17, 15) is 19.2 Å². The lowest BCUT2D eigenvalue weighted by Gasteiger charge is -2.28. The molecule has 1 heterocycles. The van der Waals surface area contributed by atoms with Crippen LogP contribution in [-0.4, -0.2) is 69.9 Å². The largest absolute Gasteiger partial charge is 0.480 e. The Hall–Kier alpha value is -3.67. The van der Waals surface area contributed by atoms with Gasteiger partial charge < -0.3 is 28.6 Å². The van der Waals surface area contributed by atoms with Gasteiger partial charge in [-0.15, -0.1) is 0 Å². The van der Waals surface area contributed by atoms with Crippen LogP contribution in [0.5, 0.6) is 5.75 Å². The number of carbonyl (C=O) groups is 4. The molecule has 3 rings (SSSR count). The first kappa shape index (κ1) is 31.9. The molecule has 1 aliphatic rings. The second kappa shape index (κ2) is 15.4. The van der Waals surface area contributed by atoms with Crippen LogP contribution in [0.25, 0.3) is 0 Å². The summed E-state index contributed by atoms with van der Waals surface area (Å²) in [5.41, 5.74) is 1.40. The fourth-order valence-electron chi connectivity index (χ4n) is 4.12. The average molecular weight is 609 g/mol. The maximum absolute atomic E-state index is 14.2. The first-order chi connectivity index (χ1) is 19.7. The zero-order valence-corrected chi connectivity index (χ0v) is 24.4. The van der Waals surface area contributed by atoms with Gasteiger partial charge in [-0.3, -0.25) is 9.78 Å². The van der Waals surface area contributed by atoms with E-state index in [1.54, 1.807) is 0 Å². The van der Waals surface area contributed by atoms with Crippen LogP contribution in [0, 0.1) is 0 Å². The van der Waals surface area contributed by atoms with Crippen molar-refractivity contribution in [2.75, 3.05) is 46.0 Å². The van der Waals surface area contributed by atoms with Crippen molar-refractivity contribution in [3.05, 3.63) is 62.9 Å². The third-order valence-electron chi connectivity index (χ3n) is 6.16. The van der Waals surface area contributed by atoms with Crippen molar-refractivity contribution in [3.8, 4) is 5.75 Å². The molecule has 0 fully saturated rings. The molecule has 2 aromatic rings. The SMILES string of the molecule is COCCOC(=O)C1=C(C(=O)N(Cc2cncc(C(=O)OC)c2)c2cc(OCC(=O)OC)c(Cl)cc2Cl)CCCC1. The number of amides is 1. The van der Waals surface area contributed by atoms with Crippen molar-refractivity contribution >= 4 is 52.7 Å². The van der Waals surface area contributed by atoms with E-state index in [4.69, 9.17) is 42.1 Å². The van der Waals surface area contributed by atoms with Gasteiger partial charge in [0.1, 0.15) is 12.4 Å². The highest BCUT2D eigenvalue weighted by molar-refractivity contribution is 6.37. The number of ether oxygens (including phenoxy) is 5. The molecule has 1 aromatic carbocycles. The predicted octanol–water partition coefficient (Wildman–Crippen LogP) is 4.32. The van der Waals surface area contributed by atoms with E-state index >= 15 is 0 Å². The Labute approximate surface area is 247 Å². The van der Waals surface area contributed by atoms with E-state index in [1.165, 1.54) is 56.8 Å². The lowest BCUT2D eigenvalue weighted by Crippen LogP contribution is -2.34. The topological polar surface area (TPSA) is 131 Å². The number of hydrogen-bond donors (Lipinski definition) is 0. The van der Waals surface area contributed by atoms with Crippen LogP contribution in [0.2, 0.25) is 10.0 Å². The molecule has 0 saturated carbocycles. The van der Waals surface area contributed by atoms with E-state index in [0.717, 1.165) is 0 Å². The van der Waals surface area contributed by atoms with E-state index < -0.39 is 30.4 Å². The Kier molecular flexibility index (Phi) is 11.9. The first-order valence-corrected chi connectivity index (χ1v) is 13.4. The molecular weight excluding hydrogens is 579 g/mol. The quantitative estimate of drug-likeness (QED) is 0.195. The zero-order valence-electron chi connectivity index (χ0n) is 22.9. The van der Waals surface area contributed by atoms with E-state index in [2.05, 4.69) is 9.72 Å². The summed E-state index contributed by atoms with van der Waals surface area (Å²) in [7, 11) is 3.95. The summed E-state index contributed by atoms with van der Waals surface area (Å²) < 4.78 is 25.2. The van der Waals surface area contributed by atoms with Crippen LogP contribution < -0.4 is 9.64 Å². The standard InChI is InChI=1S/C28H30Cl2N2O9/c1-37-8-9-40-28(36)20-7-5-4-6-19(20)26(34)32(15-17-10-18(14-31-13-17)27(35)39-3)23-12-24(22(30)11-21(23)29)41-16-25(33)38-2/h10-14H,4-9,15-16H2,1-3H3. The Morgan fingerprint density at radius 2 is 1.61 bits per heavy atom. The van der Waals surface area contributed by atoms with Crippen molar-refractivity contribution in [3.63, 3.8) is 0 Å². The van der Waals surface area contributed by atoms with Crippen LogP contribution in [0.1, 0.15) is 41.6 Å². The highest BCUT2D eigenvalue weighted by Crippen LogP contribution is 2.39. The summed E-state index contributed by atoms with van der Waals surface area (Å²) in [6.07, 6.45) is 4.92. The minimum absolute atomic E-state index is 0.0416. The van der Waals surface area contributed by atoms with E-state index in [-0.39, 0.29) is 58.0 Å². The van der Waals surface area contributed by atoms with Crippen LogP contribution in [0.4, 0.5) is 5.69 Å². The molecule has 0 atom stereocenters. The van der Waals surface area contributed by atoms with Crippen molar-refractivity contribution < 1.29 is 42.9 Å². The summed E-state index contributed by atoms with van der Waals surface area (Å²) in [6.45, 7) is -0.268. The van der Waals surface area contributed by atoms with Gasteiger partial charge in [0.15, 0.2) is 6.61 Å². The number of hydrogen-bond acceptors (Lipinski definition) is 10. The molecule has 41 heavy (non-hydrogen) atoms. The summed E-state index contributed by atoms with van der Waals surface area (Å²) in [4.78, 5) is 56.3. The molecule has 0 bridgehead atoms. The number of halogens is 2. The fourth-order valence-corrected chi connectivity index (χ4v) is 4.66. The molecule has 1 aromatic heterocycles. The van der Waals surface area contributed by atoms with Crippen LogP contribution in [-0.2, 0) is 39.9 Å². The average Bonchev–Trinajstić information content (AvgIpc) is 2.99. The molecule has 0 radical (unpaired) electrons. The smallest absolute Gasteiger partial charge is 0.343 e. The number of carbonyl (C=O) groups excluding carboxylic acids is 4. The molecule has 220 valence electrons. The number of methoxy groups -OCH3 is 3. The van der Waals surface area contributed by atoms with Gasteiger partial charge in [-0.25, -0.2) is 14.4 Å². The normalized spacial score (nSPS) is 12.9.